The van der Waals surface area contributed by atoms with Gasteiger partial charge < -0.3 is 10.3 Å². The van der Waals surface area contributed by atoms with E-state index in [2.05, 4.69) is 40.0 Å². The van der Waals surface area contributed by atoms with Crippen LogP contribution >= 0.6 is 15.9 Å². The summed E-state index contributed by atoms with van der Waals surface area (Å²) < 4.78 is 2.49. The molecule has 0 unspecified atom stereocenters. The standard InChI is InChI=1S/C11H15BrN4O/c1-5(2)6(3)16-4-7(12)9-8(11(16)17)10(13)15-14-9/h4-6H,1-3H3,(H3,13,14,15)/t6-/m0/s1. The van der Waals surface area contributed by atoms with E-state index in [1.54, 1.807) is 10.8 Å². The van der Waals surface area contributed by atoms with Crippen LogP contribution in [0.25, 0.3) is 10.9 Å². The van der Waals surface area contributed by atoms with Crippen molar-refractivity contribution in [2.45, 2.75) is 26.8 Å². The van der Waals surface area contributed by atoms with Gasteiger partial charge in [-0.25, -0.2) is 0 Å². The van der Waals surface area contributed by atoms with Crippen LogP contribution in [0.2, 0.25) is 0 Å². The molecule has 0 bridgehead atoms. The van der Waals surface area contributed by atoms with E-state index in [9.17, 15) is 4.79 Å². The van der Waals surface area contributed by atoms with E-state index in [0.29, 0.717) is 16.8 Å². The number of nitrogens with two attached hydrogens (primary N) is 1. The number of anilines is 1. The van der Waals surface area contributed by atoms with Crippen molar-refractivity contribution in [1.82, 2.24) is 14.8 Å². The van der Waals surface area contributed by atoms with Crippen LogP contribution in [0.1, 0.15) is 26.8 Å². The number of halogens is 1. The lowest BCUT2D eigenvalue weighted by Gasteiger charge is -2.19. The highest BCUT2D eigenvalue weighted by atomic mass is 79.9. The summed E-state index contributed by atoms with van der Waals surface area (Å²) in [5, 5.41) is 7.08. The molecule has 5 nitrogen and oxygen atoms in total. The largest absolute Gasteiger partial charge is 0.382 e. The van der Waals surface area contributed by atoms with Crippen molar-refractivity contribution in [2.24, 2.45) is 5.92 Å². The third kappa shape index (κ3) is 1.86. The van der Waals surface area contributed by atoms with Gasteiger partial charge in [-0.05, 0) is 28.8 Å². The summed E-state index contributed by atoms with van der Waals surface area (Å²) >= 11 is 3.43. The molecule has 1 atom stereocenters. The summed E-state index contributed by atoms with van der Waals surface area (Å²) in [6, 6.07) is 0.109. The van der Waals surface area contributed by atoms with E-state index < -0.39 is 0 Å². The fraction of sp³-hybridized carbons (Fsp3) is 0.455. The molecule has 0 spiro atoms. The fourth-order valence-electron chi connectivity index (χ4n) is 1.74. The van der Waals surface area contributed by atoms with Gasteiger partial charge in [0.15, 0.2) is 5.82 Å². The molecule has 0 saturated carbocycles. The van der Waals surface area contributed by atoms with Crippen molar-refractivity contribution >= 4 is 32.7 Å². The van der Waals surface area contributed by atoms with Crippen molar-refractivity contribution in [1.29, 1.82) is 0 Å². The second-order valence-electron chi connectivity index (χ2n) is 4.53. The Morgan fingerprint density at radius 1 is 1.47 bits per heavy atom. The molecule has 0 radical (unpaired) electrons. The number of aromatic nitrogens is 3. The molecular weight excluding hydrogens is 284 g/mol. The van der Waals surface area contributed by atoms with Crippen LogP contribution in [0.4, 0.5) is 5.82 Å². The Balaban J connectivity index is 2.79. The fourth-order valence-corrected chi connectivity index (χ4v) is 2.25. The lowest BCUT2D eigenvalue weighted by molar-refractivity contribution is 0.399. The number of H-pyrrole nitrogens is 1. The lowest BCUT2D eigenvalue weighted by Crippen LogP contribution is -2.26. The van der Waals surface area contributed by atoms with E-state index in [1.165, 1.54) is 0 Å². The summed E-state index contributed by atoms with van der Waals surface area (Å²) in [4.78, 5) is 12.3. The van der Waals surface area contributed by atoms with E-state index in [0.717, 1.165) is 4.47 Å². The van der Waals surface area contributed by atoms with Crippen LogP contribution in [0.5, 0.6) is 0 Å². The quantitative estimate of drug-likeness (QED) is 0.893. The molecule has 0 fully saturated rings. The molecule has 3 N–H and O–H groups in total. The highest BCUT2D eigenvalue weighted by Gasteiger charge is 2.17. The zero-order valence-corrected chi connectivity index (χ0v) is 11.6. The van der Waals surface area contributed by atoms with Gasteiger partial charge in [-0.3, -0.25) is 9.89 Å². The predicted molar refractivity (Wildman–Crippen MR) is 72.0 cm³/mol. The van der Waals surface area contributed by atoms with E-state index in [4.69, 9.17) is 5.73 Å². The first-order valence-corrected chi connectivity index (χ1v) is 6.27. The maximum Gasteiger partial charge on any atom is 0.264 e. The number of nitrogens with one attached hydrogen (secondary N) is 1. The van der Waals surface area contributed by atoms with Crippen LogP contribution in [-0.2, 0) is 0 Å². The minimum atomic E-state index is -0.101. The Kier molecular flexibility index (Phi) is 2.99. The van der Waals surface area contributed by atoms with Gasteiger partial charge in [0.25, 0.3) is 5.56 Å². The van der Waals surface area contributed by atoms with Gasteiger partial charge in [0.05, 0.1) is 9.99 Å². The van der Waals surface area contributed by atoms with E-state index >= 15 is 0 Å². The van der Waals surface area contributed by atoms with Crippen molar-refractivity contribution < 1.29 is 0 Å². The SMILES string of the molecule is CC(C)[C@H](C)n1cc(Br)c2[nH]nc(N)c2c1=O. The highest BCUT2D eigenvalue weighted by Crippen LogP contribution is 2.25. The Bertz CT molecular complexity index is 614. The Hall–Kier alpha value is -1.30. The minimum absolute atomic E-state index is 0.101. The van der Waals surface area contributed by atoms with Gasteiger partial charge >= 0.3 is 0 Å². The topological polar surface area (TPSA) is 76.7 Å². The first-order chi connectivity index (χ1) is 7.93. The van der Waals surface area contributed by atoms with E-state index in [1.807, 2.05) is 6.92 Å². The van der Waals surface area contributed by atoms with Gasteiger partial charge in [0.2, 0.25) is 0 Å². The van der Waals surface area contributed by atoms with Gasteiger partial charge in [-0.2, -0.15) is 5.10 Å². The molecule has 0 aliphatic carbocycles. The minimum Gasteiger partial charge on any atom is -0.382 e. The summed E-state index contributed by atoms with van der Waals surface area (Å²) in [5.41, 5.74) is 6.27. The molecule has 0 amide bonds. The van der Waals surface area contributed by atoms with Gasteiger partial charge in [-0.15, -0.1) is 0 Å². The van der Waals surface area contributed by atoms with Crippen molar-refractivity contribution in [3.63, 3.8) is 0 Å². The lowest BCUT2D eigenvalue weighted by atomic mass is 10.1. The number of rotatable bonds is 2. The summed E-state index contributed by atoms with van der Waals surface area (Å²) in [5.74, 6) is 0.612. The number of hydrogen-bond donors (Lipinski definition) is 2. The first-order valence-electron chi connectivity index (χ1n) is 5.47. The third-order valence-corrected chi connectivity index (χ3v) is 3.74. The zero-order chi connectivity index (χ0) is 12.7. The molecule has 0 aliphatic heterocycles. The van der Waals surface area contributed by atoms with Crippen molar-refractivity contribution in [3.8, 4) is 0 Å². The van der Waals surface area contributed by atoms with E-state index in [-0.39, 0.29) is 17.4 Å². The smallest absolute Gasteiger partial charge is 0.264 e. The monoisotopic (exact) mass is 298 g/mol. The second kappa shape index (κ2) is 4.18. The maximum atomic E-state index is 12.3. The molecular formula is C11H15BrN4O. The Morgan fingerprint density at radius 3 is 2.71 bits per heavy atom. The molecule has 0 aromatic carbocycles. The molecule has 92 valence electrons. The summed E-state index contributed by atoms with van der Waals surface area (Å²) in [6.07, 6.45) is 1.78. The average Bonchev–Trinajstić information content (AvgIpc) is 2.65. The number of nitrogen functional groups attached to an aromatic ring is 1. The molecule has 2 aromatic heterocycles. The Labute approximate surface area is 107 Å². The van der Waals surface area contributed by atoms with Gasteiger partial charge in [0.1, 0.15) is 5.39 Å². The molecule has 17 heavy (non-hydrogen) atoms. The summed E-state index contributed by atoms with van der Waals surface area (Å²) in [7, 11) is 0. The second-order valence-corrected chi connectivity index (χ2v) is 5.39. The number of fused-ring (bicyclic) bond motifs is 1. The third-order valence-electron chi connectivity index (χ3n) is 3.14. The van der Waals surface area contributed by atoms with Crippen LogP contribution in [0.15, 0.2) is 15.5 Å². The molecule has 2 heterocycles. The normalized spacial score (nSPS) is 13.5. The Morgan fingerprint density at radius 2 is 2.12 bits per heavy atom. The molecule has 2 aromatic rings. The van der Waals surface area contributed by atoms with Crippen LogP contribution in [0.3, 0.4) is 0 Å². The number of nitrogens with zero attached hydrogens (tertiary/aromatic N) is 2. The zero-order valence-electron chi connectivity index (χ0n) is 9.99. The van der Waals surface area contributed by atoms with Gasteiger partial charge in [0, 0.05) is 12.2 Å². The number of aromatic amines is 1. The van der Waals surface area contributed by atoms with Crippen molar-refractivity contribution in [2.75, 3.05) is 5.73 Å². The predicted octanol–water partition coefficient (Wildman–Crippen LogP) is 2.29. The number of pyridine rings is 1. The van der Waals surface area contributed by atoms with Gasteiger partial charge in [-0.1, -0.05) is 13.8 Å². The molecule has 2 rings (SSSR count). The molecule has 0 saturated heterocycles. The van der Waals surface area contributed by atoms with Crippen molar-refractivity contribution in [3.05, 3.63) is 21.0 Å². The van der Waals surface area contributed by atoms with Crippen LogP contribution < -0.4 is 11.3 Å². The number of hydrogen-bond acceptors (Lipinski definition) is 3. The first kappa shape index (κ1) is 12.2. The maximum absolute atomic E-state index is 12.3. The summed E-state index contributed by atoms with van der Waals surface area (Å²) in [6.45, 7) is 6.17. The molecule has 6 heteroatoms. The highest BCUT2D eigenvalue weighted by molar-refractivity contribution is 9.10. The van der Waals surface area contributed by atoms with Crippen LogP contribution in [0, 0.1) is 5.92 Å². The van der Waals surface area contributed by atoms with Crippen LogP contribution in [-0.4, -0.2) is 14.8 Å². The molecule has 0 aliphatic rings. The average molecular weight is 299 g/mol.